The molecule has 0 fully saturated rings. The lowest BCUT2D eigenvalue weighted by molar-refractivity contribution is 0.103. The van der Waals surface area contributed by atoms with Crippen LogP contribution >= 0.6 is 34.3 Å². The van der Waals surface area contributed by atoms with Crippen molar-refractivity contribution >= 4 is 60.5 Å². The molecule has 0 atom stereocenters. The Morgan fingerprint density at radius 3 is 2.68 bits per heavy atom. The van der Waals surface area contributed by atoms with Gasteiger partial charge in [0.1, 0.15) is 4.83 Å². The highest BCUT2D eigenvalue weighted by Gasteiger charge is 2.15. The van der Waals surface area contributed by atoms with Crippen molar-refractivity contribution in [3.63, 3.8) is 0 Å². The molecule has 0 bridgehead atoms. The number of rotatable bonds is 3. The molecule has 0 aliphatic carbocycles. The van der Waals surface area contributed by atoms with Gasteiger partial charge in [0.2, 0.25) is 0 Å². The van der Waals surface area contributed by atoms with Gasteiger partial charge >= 0.3 is 0 Å². The number of fused-ring (bicyclic) bond motifs is 1. The van der Waals surface area contributed by atoms with Crippen molar-refractivity contribution < 1.29 is 4.79 Å². The Kier molecular flexibility index (Phi) is 4.08. The molecule has 1 aromatic carbocycles. The van der Waals surface area contributed by atoms with E-state index in [1.54, 1.807) is 11.3 Å². The van der Waals surface area contributed by atoms with Crippen LogP contribution in [0.3, 0.4) is 0 Å². The molecule has 0 aliphatic heterocycles. The summed E-state index contributed by atoms with van der Waals surface area (Å²) in [5.74, 6) is -0.160. The third kappa shape index (κ3) is 2.95. The van der Waals surface area contributed by atoms with Gasteiger partial charge in [-0.3, -0.25) is 4.79 Å². The molecule has 0 spiro atoms. The fourth-order valence-electron chi connectivity index (χ4n) is 1.93. The van der Waals surface area contributed by atoms with Crippen molar-refractivity contribution in [2.24, 2.45) is 0 Å². The Balaban J connectivity index is 1.84. The third-order valence-electron chi connectivity index (χ3n) is 3.06. The number of thiophene rings is 1. The first kappa shape index (κ1) is 15.3. The molecule has 4 nitrogen and oxygen atoms in total. The van der Waals surface area contributed by atoms with Gasteiger partial charge in [0, 0.05) is 14.1 Å². The summed E-state index contributed by atoms with van der Waals surface area (Å²) in [7, 11) is 3.91. The molecule has 3 rings (SSSR count). The molecule has 22 heavy (non-hydrogen) atoms. The first-order valence-electron chi connectivity index (χ1n) is 6.59. The molecule has 7 heteroatoms. The highest BCUT2D eigenvalue weighted by atomic mass is 35.5. The van der Waals surface area contributed by atoms with Crippen molar-refractivity contribution in [1.82, 2.24) is 4.98 Å². The van der Waals surface area contributed by atoms with Crippen molar-refractivity contribution in [3.05, 3.63) is 39.7 Å². The summed E-state index contributed by atoms with van der Waals surface area (Å²) in [6.45, 7) is 1.96. The number of amides is 1. The topological polar surface area (TPSA) is 45.2 Å². The Bertz CT molecular complexity index is 822. The van der Waals surface area contributed by atoms with Gasteiger partial charge in [-0.05, 0) is 30.7 Å². The maximum absolute atomic E-state index is 12.3. The van der Waals surface area contributed by atoms with Crippen molar-refractivity contribution in [2.75, 3.05) is 24.3 Å². The van der Waals surface area contributed by atoms with Crippen LogP contribution in [0.5, 0.6) is 0 Å². The molecular weight excluding hydrogens is 338 g/mol. The van der Waals surface area contributed by atoms with Crippen LogP contribution in [0.1, 0.15) is 15.2 Å². The molecule has 0 saturated heterocycles. The SMILES string of the molecule is Cc1ccc(NC(=O)c2cc3sc(N(C)C)nc3s2)c(Cl)c1. The Morgan fingerprint density at radius 1 is 1.27 bits per heavy atom. The van der Waals surface area contributed by atoms with E-state index in [0.717, 1.165) is 20.2 Å². The normalized spacial score (nSPS) is 10.9. The molecule has 0 saturated carbocycles. The van der Waals surface area contributed by atoms with Gasteiger partial charge in [0.25, 0.3) is 5.91 Å². The number of carbonyl (C=O) groups excluding carboxylic acids is 1. The summed E-state index contributed by atoms with van der Waals surface area (Å²) < 4.78 is 1.02. The number of aromatic nitrogens is 1. The maximum Gasteiger partial charge on any atom is 0.265 e. The maximum atomic E-state index is 12.3. The molecule has 114 valence electrons. The van der Waals surface area contributed by atoms with Gasteiger partial charge in [-0.25, -0.2) is 4.98 Å². The number of halogens is 1. The predicted molar refractivity (Wildman–Crippen MR) is 96.0 cm³/mol. The quantitative estimate of drug-likeness (QED) is 0.747. The van der Waals surface area contributed by atoms with Crippen LogP contribution in [-0.4, -0.2) is 25.0 Å². The van der Waals surface area contributed by atoms with Gasteiger partial charge in [0.15, 0.2) is 5.13 Å². The number of aryl methyl sites for hydroxylation is 1. The minimum absolute atomic E-state index is 0.160. The number of carbonyl (C=O) groups is 1. The number of benzene rings is 1. The standard InChI is InChI=1S/C15H14ClN3OS2/c1-8-4-5-10(9(16)6-8)17-13(20)11-7-12-14(21-11)18-15(22-12)19(2)3/h4-7H,1-3H3,(H,17,20). The van der Waals surface area contributed by atoms with Gasteiger partial charge in [-0.15, -0.1) is 11.3 Å². The van der Waals surface area contributed by atoms with E-state index in [4.69, 9.17) is 11.6 Å². The molecule has 3 aromatic rings. The van der Waals surface area contributed by atoms with E-state index < -0.39 is 0 Å². The van der Waals surface area contributed by atoms with E-state index >= 15 is 0 Å². The van der Waals surface area contributed by atoms with E-state index in [1.165, 1.54) is 11.3 Å². The minimum Gasteiger partial charge on any atom is -0.354 e. The van der Waals surface area contributed by atoms with Gasteiger partial charge in [0.05, 0.1) is 20.3 Å². The zero-order valence-corrected chi connectivity index (χ0v) is 14.7. The number of hydrogen-bond acceptors (Lipinski definition) is 5. The Labute approximate surface area is 141 Å². The monoisotopic (exact) mass is 351 g/mol. The fraction of sp³-hybridized carbons (Fsp3) is 0.200. The molecule has 0 unspecified atom stereocenters. The third-order valence-corrected chi connectivity index (χ3v) is 5.70. The van der Waals surface area contributed by atoms with Crippen LogP contribution in [0.25, 0.3) is 9.53 Å². The average molecular weight is 352 g/mol. The van der Waals surface area contributed by atoms with Crippen LogP contribution in [0.2, 0.25) is 5.02 Å². The lowest BCUT2D eigenvalue weighted by Gasteiger charge is -2.06. The summed E-state index contributed by atoms with van der Waals surface area (Å²) in [6.07, 6.45) is 0. The van der Waals surface area contributed by atoms with Crippen LogP contribution in [0, 0.1) is 6.92 Å². The molecule has 1 N–H and O–H groups in total. The summed E-state index contributed by atoms with van der Waals surface area (Å²) >= 11 is 9.11. The lowest BCUT2D eigenvalue weighted by Crippen LogP contribution is -2.10. The largest absolute Gasteiger partial charge is 0.354 e. The first-order valence-corrected chi connectivity index (χ1v) is 8.60. The van der Waals surface area contributed by atoms with Gasteiger partial charge in [-0.2, -0.15) is 0 Å². The van der Waals surface area contributed by atoms with Crippen LogP contribution in [0.15, 0.2) is 24.3 Å². The zero-order valence-electron chi connectivity index (χ0n) is 12.3. The lowest BCUT2D eigenvalue weighted by atomic mass is 10.2. The number of thiazole rings is 1. The molecular formula is C15H14ClN3OS2. The van der Waals surface area contributed by atoms with Crippen molar-refractivity contribution in [2.45, 2.75) is 6.92 Å². The second-order valence-electron chi connectivity index (χ2n) is 5.11. The summed E-state index contributed by atoms with van der Waals surface area (Å²) in [6, 6.07) is 7.44. The zero-order chi connectivity index (χ0) is 15.9. The number of anilines is 2. The second-order valence-corrected chi connectivity index (χ2v) is 7.56. The molecule has 0 radical (unpaired) electrons. The van der Waals surface area contributed by atoms with E-state index in [0.29, 0.717) is 15.6 Å². The number of nitrogens with one attached hydrogen (secondary N) is 1. The van der Waals surface area contributed by atoms with Crippen LogP contribution in [-0.2, 0) is 0 Å². The summed E-state index contributed by atoms with van der Waals surface area (Å²) in [4.78, 5) is 20.3. The smallest absolute Gasteiger partial charge is 0.265 e. The predicted octanol–water partition coefficient (Wildman–Crippen LogP) is 4.64. The van der Waals surface area contributed by atoms with E-state index in [1.807, 2.05) is 50.2 Å². The molecule has 2 aromatic heterocycles. The first-order chi connectivity index (χ1) is 10.4. The van der Waals surface area contributed by atoms with Crippen LogP contribution in [0.4, 0.5) is 10.8 Å². The molecule has 1 amide bonds. The summed E-state index contributed by atoms with van der Waals surface area (Å²) in [5, 5.41) is 4.33. The van der Waals surface area contributed by atoms with Crippen molar-refractivity contribution in [1.29, 1.82) is 0 Å². The Morgan fingerprint density at radius 2 is 2.05 bits per heavy atom. The van der Waals surface area contributed by atoms with Crippen molar-refractivity contribution in [3.8, 4) is 0 Å². The number of hydrogen-bond donors (Lipinski definition) is 1. The summed E-state index contributed by atoms with van der Waals surface area (Å²) in [5.41, 5.74) is 1.68. The Hall–Kier alpha value is -1.63. The minimum atomic E-state index is -0.160. The highest BCUT2D eigenvalue weighted by Crippen LogP contribution is 2.34. The highest BCUT2D eigenvalue weighted by molar-refractivity contribution is 7.29. The van der Waals surface area contributed by atoms with E-state index in [-0.39, 0.29) is 5.91 Å². The average Bonchev–Trinajstić information content (AvgIpc) is 3.00. The van der Waals surface area contributed by atoms with E-state index in [2.05, 4.69) is 10.3 Å². The second kappa shape index (κ2) is 5.87. The van der Waals surface area contributed by atoms with Crippen LogP contribution < -0.4 is 10.2 Å². The fourth-order valence-corrected chi connectivity index (χ4v) is 4.24. The van der Waals surface area contributed by atoms with Gasteiger partial charge < -0.3 is 10.2 Å². The number of nitrogens with zero attached hydrogens (tertiary/aromatic N) is 2. The molecule has 0 aliphatic rings. The van der Waals surface area contributed by atoms with Gasteiger partial charge in [-0.1, -0.05) is 29.0 Å². The van der Waals surface area contributed by atoms with E-state index in [9.17, 15) is 4.79 Å². The molecule has 2 heterocycles.